The zero-order valence-corrected chi connectivity index (χ0v) is 8.51. The Balaban J connectivity index is 2.48. The molecule has 0 amide bonds. The maximum atomic E-state index is 8.67. The highest BCUT2D eigenvalue weighted by Gasteiger charge is 2.24. The first kappa shape index (κ1) is 8.87. The third-order valence-corrected chi connectivity index (χ3v) is 2.84. The van der Waals surface area contributed by atoms with Gasteiger partial charge >= 0.3 is 5.87 Å². The van der Waals surface area contributed by atoms with Crippen molar-refractivity contribution in [1.29, 1.82) is 0 Å². The van der Waals surface area contributed by atoms with Crippen LogP contribution >= 0.6 is 0 Å². The van der Waals surface area contributed by atoms with Gasteiger partial charge in [-0.3, -0.25) is 0 Å². The standard InChI is InChI=1S/C14H8N2/c15-16-9-14-12-7-3-1-5-10(12)11-6-2-4-8-13(11)14/h1-8H. The Morgan fingerprint density at radius 1 is 0.750 bits per heavy atom. The smallest absolute Gasteiger partial charge is 0.308 e. The molecule has 0 spiro atoms. The minimum Gasteiger partial charge on any atom is -0.348 e. The average Bonchev–Trinajstić information content (AvgIpc) is 2.66. The van der Waals surface area contributed by atoms with Crippen LogP contribution in [0.4, 0.5) is 0 Å². The summed E-state index contributed by atoms with van der Waals surface area (Å²) in [6.45, 7) is 0. The van der Waals surface area contributed by atoms with Gasteiger partial charge in [-0.2, -0.15) is 0 Å². The molecule has 3 rings (SSSR count). The summed E-state index contributed by atoms with van der Waals surface area (Å²) in [4.78, 5) is 3.03. The molecule has 0 atom stereocenters. The average molecular weight is 204 g/mol. The molecule has 2 heteroatoms. The van der Waals surface area contributed by atoms with Crippen LogP contribution in [0, 0.1) is 0 Å². The SMILES string of the molecule is [N-]=[N+]=C=C1c2ccccc2-c2ccccc21. The van der Waals surface area contributed by atoms with Gasteiger partial charge < -0.3 is 5.53 Å². The second kappa shape index (κ2) is 3.32. The molecule has 2 nitrogen and oxygen atoms in total. The second-order valence-corrected chi connectivity index (χ2v) is 3.68. The first-order chi connectivity index (χ1) is 7.92. The summed E-state index contributed by atoms with van der Waals surface area (Å²) in [7, 11) is 0. The summed E-state index contributed by atoms with van der Waals surface area (Å²) in [5, 5.41) is 0. The van der Waals surface area contributed by atoms with Crippen molar-refractivity contribution in [3.05, 3.63) is 65.2 Å². The number of hydrogen-bond acceptors (Lipinski definition) is 0. The number of fused-ring (bicyclic) bond motifs is 3. The Morgan fingerprint density at radius 3 is 1.62 bits per heavy atom. The maximum absolute atomic E-state index is 8.67. The second-order valence-electron chi connectivity index (χ2n) is 3.68. The van der Waals surface area contributed by atoms with Crippen molar-refractivity contribution in [3.63, 3.8) is 0 Å². The lowest BCUT2D eigenvalue weighted by Gasteiger charge is -1.97. The third-order valence-electron chi connectivity index (χ3n) is 2.84. The van der Waals surface area contributed by atoms with E-state index in [1.54, 1.807) is 0 Å². The van der Waals surface area contributed by atoms with Gasteiger partial charge in [-0.25, -0.2) is 0 Å². The predicted molar refractivity (Wildman–Crippen MR) is 63.0 cm³/mol. The summed E-state index contributed by atoms with van der Waals surface area (Å²) in [5.41, 5.74) is 14.0. The maximum Gasteiger partial charge on any atom is 0.308 e. The fourth-order valence-corrected chi connectivity index (χ4v) is 2.19. The molecule has 1 aliphatic rings. The third kappa shape index (κ3) is 1.09. The van der Waals surface area contributed by atoms with E-state index in [4.69, 9.17) is 5.53 Å². The first-order valence-electron chi connectivity index (χ1n) is 5.08. The molecule has 74 valence electrons. The van der Waals surface area contributed by atoms with E-state index in [-0.39, 0.29) is 0 Å². The zero-order valence-electron chi connectivity index (χ0n) is 8.51. The lowest BCUT2D eigenvalue weighted by atomic mass is 10.1. The molecule has 0 unspecified atom stereocenters. The molecule has 0 aliphatic heterocycles. The molecular weight excluding hydrogens is 196 g/mol. The lowest BCUT2D eigenvalue weighted by Crippen LogP contribution is -1.81. The minimum atomic E-state index is 0.855. The summed E-state index contributed by atoms with van der Waals surface area (Å²) in [5.74, 6) is 2.65. The van der Waals surface area contributed by atoms with Crippen molar-refractivity contribution in [3.8, 4) is 11.1 Å². The van der Waals surface area contributed by atoms with E-state index in [1.807, 2.05) is 36.4 Å². The molecule has 0 heterocycles. The molecule has 0 N–H and O–H groups in total. The van der Waals surface area contributed by atoms with Crippen LogP contribution in [-0.4, -0.2) is 10.7 Å². The van der Waals surface area contributed by atoms with Gasteiger partial charge in [-0.15, -0.1) is 4.79 Å². The van der Waals surface area contributed by atoms with E-state index in [0.29, 0.717) is 0 Å². The first-order valence-corrected chi connectivity index (χ1v) is 5.08. The highest BCUT2D eigenvalue weighted by atomic mass is 14.8. The van der Waals surface area contributed by atoms with Gasteiger partial charge in [0.15, 0.2) is 0 Å². The molecule has 16 heavy (non-hydrogen) atoms. The Kier molecular flexibility index (Phi) is 1.84. The zero-order chi connectivity index (χ0) is 11.0. The van der Waals surface area contributed by atoms with Gasteiger partial charge in [0.1, 0.15) is 5.57 Å². The predicted octanol–water partition coefficient (Wildman–Crippen LogP) is 3.00. The Bertz CT molecular complexity index is 610. The van der Waals surface area contributed by atoms with Crippen molar-refractivity contribution in [2.45, 2.75) is 0 Å². The van der Waals surface area contributed by atoms with Gasteiger partial charge in [0.2, 0.25) is 0 Å². The molecule has 2 aromatic rings. The summed E-state index contributed by atoms with van der Waals surface area (Å²) in [6.07, 6.45) is 0. The fourth-order valence-electron chi connectivity index (χ4n) is 2.19. The summed E-state index contributed by atoms with van der Waals surface area (Å²) in [6, 6.07) is 16.1. The highest BCUT2D eigenvalue weighted by Crippen LogP contribution is 2.42. The van der Waals surface area contributed by atoms with Gasteiger partial charge in [-0.1, -0.05) is 48.5 Å². The van der Waals surface area contributed by atoms with Gasteiger partial charge in [-0.05, 0) is 11.1 Å². The van der Waals surface area contributed by atoms with Gasteiger partial charge in [0, 0.05) is 11.1 Å². The molecule has 2 aromatic carbocycles. The molecular formula is C14H8N2. The van der Waals surface area contributed by atoms with E-state index in [1.165, 1.54) is 11.1 Å². The number of hydrogen-bond donors (Lipinski definition) is 0. The molecule has 0 bridgehead atoms. The summed E-state index contributed by atoms with van der Waals surface area (Å²) >= 11 is 0. The van der Waals surface area contributed by atoms with Crippen LogP contribution in [0.15, 0.2) is 48.5 Å². The van der Waals surface area contributed by atoms with Crippen LogP contribution in [0.1, 0.15) is 11.1 Å². The molecule has 0 radical (unpaired) electrons. The van der Waals surface area contributed by atoms with E-state index < -0.39 is 0 Å². The lowest BCUT2D eigenvalue weighted by molar-refractivity contribution is 0.00842. The fraction of sp³-hybridized carbons (Fsp3) is 0. The highest BCUT2D eigenvalue weighted by molar-refractivity contribution is 6.09. The van der Waals surface area contributed by atoms with Crippen LogP contribution in [0.2, 0.25) is 0 Å². The topological polar surface area (TPSA) is 36.4 Å². The van der Waals surface area contributed by atoms with Crippen LogP contribution in [0.25, 0.3) is 22.2 Å². The van der Waals surface area contributed by atoms with Crippen LogP contribution < -0.4 is 0 Å². The van der Waals surface area contributed by atoms with E-state index in [2.05, 4.69) is 22.8 Å². The Hall–Kier alpha value is -2.40. The van der Waals surface area contributed by atoms with Crippen LogP contribution in [0.5, 0.6) is 0 Å². The molecule has 1 aliphatic carbocycles. The largest absolute Gasteiger partial charge is 0.348 e. The molecule has 0 aromatic heterocycles. The monoisotopic (exact) mass is 204 g/mol. The van der Waals surface area contributed by atoms with Crippen LogP contribution in [0.3, 0.4) is 0 Å². The van der Waals surface area contributed by atoms with Crippen LogP contribution in [-0.2, 0) is 0 Å². The van der Waals surface area contributed by atoms with Crippen molar-refractivity contribution < 1.29 is 4.79 Å². The molecule has 0 fully saturated rings. The number of rotatable bonds is 0. The van der Waals surface area contributed by atoms with Crippen molar-refractivity contribution in [2.75, 3.05) is 0 Å². The number of nitrogens with zero attached hydrogens (tertiary/aromatic N) is 2. The number of benzene rings is 2. The van der Waals surface area contributed by atoms with Crippen molar-refractivity contribution in [2.24, 2.45) is 0 Å². The molecule has 0 saturated heterocycles. The minimum absolute atomic E-state index is 0.855. The van der Waals surface area contributed by atoms with E-state index >= 15 is 0 Å². The van der Waals surface area contributed by atoms with E-state index in [9.17, 15) is 0 Å². The Morgan fingerprint density at radius 2 is 1.19 bits per heavy atom. The van der Waals surface area contributed by atoms with Gasteiger partial charge in [0.25, 0.3) is 0 Å². The van der Waals surface area contributed by atoms with Crippen molar-refractivity contribution >= 4 is 11.4 Å². The summed E-state index contributed by atoms with van der Waals surface area (Å²) < 4.78 is 0. The van der Waals surface area contributed by atoms with Crippen molar-refractivity contribution in [1.82, 2.24) is 0 Å². The van der Waals surface area contributed by atoms with E-state index in [0.717, 1.165) is 16.7 Å². The quantitative estimate of drug-likeness (QED) is 0.306. The normalized spacial score (nSPS) is 11.4. The van der Waals surface area contributed by atoms with Gasteiger partial charge in [0.05, 0.1) is 0 Å². The molecule has 0 saturated carbocycles. The Labute approximate surface area is 93.1 Å².